The fourth-order valence-electron chi connectivity index (χ4n) is 1.37. The molecule has 1 rings (SSSR count). The zero-order valence-electron chi connectivity index (χ0n) is 7.97. The standard InChI is InChI=1S/C12H18/c1-11-9-7-5-3-4-6-8-10-12(11)2/h5,7,10H,1,3-4,6,8-9H2,2H3/b7-5+,12-10-. The summed E-state index contributed by atoms with van der Waals surface area (Å²) in [5.74, 6) is 0. The Morgan fingerprint density at radius 3 is 2.75 bits per heavy atom. The predicted molar refractivity (Wildman–Crippen MR) is 55.1 cm³/mol. The average molecular weight is 162 g/mol. The van der Waals surface area contributed by atoms with E-state index in [1.54, 1.807) is 0 Å². The first-order chi connectivity index (χ1) is 5.80. The monoisotopic (exact) mass is 162 g/mol. The molecule has 0 heteroatoms. The topological polar surface area (TPSA) is 0 Å². The molecule has 0 amide bonds. The van der Waals surface area contributed by atoms with Gasteiger partial charge in [0, 0.05) is 0 Å². The Balaban J connectivity index is 2.57. The Morgan fingerprint density at radius 1 is 1.17 bits per heavy atom. The number of allylic oxidation sites excluding steroid dienone is 5. The van der Waals surface area contributed by atoms with Gasteiger partial charge < -0.3 is 0 Å². The van der Waals surface area contributed by atoms with Crippen molar-refractivity contribution in [2.45, 2.75) is 39.0 Å². The van der Waals surface area contributed by atoms with Crippen molar-refractivity contribution in [3.05, 3.63) is 36.0 Å². The molecule has 0 saturated carbocycles. The summed E-state index contributed by atoms with van der Waals surface area (Å²) in [6.07, 6.45) is 13.0. The van der Waals surface area contributed by atoms with Crippen LogP contribution in [0, 0.1) is 0 Å². The first-order valence-corrected chi connectivity index (χ1v) is 4.80. The van der Waals surface area contributed by atoms with Crippen LogP contribution in [0.15, 0.2) is 36.0 Å². The molecule has 0 aromatic carbocycles. The van der Waals surface area contributed by atoms with Crippen LogP contribution in [-0.4, -0.2) is 0 Å². The SMILES string of the molecule is C=C1C/C=C/CCCC/C=C\1C. The molecule has 0 nitrogen and oxygen atoms in total. The van der Waals surface area contributed by atoms with Crippen molar-refractivity contribution in [1.82, 2.24) is 0 Å². The molecule has 0 aromatic heterocycles. The summed E-state index contributed by atoms with van der Waals surface area (Å²) in [5.41, 5.74) is 2.65. The van der Waals surface area contributed by atoms with Gasteiger partial charge in [-0.1, -0.05) is 30.4 Å². The van der Waals surface area contributed by atoms with Crippen LogP contribution in [0.1, 0.15) is 39.0 Å². The zero-order chi connectivity index (χ0) is 8.81. The van der Waals surface area contributed by atoms with E-state index < -0.39 is 0 Å². The minimum atomic E-state index is 1.03. The molecular weight excluding hydrogens is 144 g/mol. The van der Waals surface area contributed by atoms with Gasteiger partial charge in [-0.3, -0.25) is 0 Å². The lowest BCUT2D eigenvalue weighted by molar-refractivity contribution is 0.756. The van der Waals surface area contributed by atoms with Gasteiger partial charge in [0.1, 0.15) is 0 Å². The highest BCUT2D eigenvalue weighted by Gasteiger charge is 1.95. The van der Waals surface area contributed by atoms with Gasteiger partial charge in [-0.05, 0) is 44.6 Å². The molecule has 0 radical (unpaired) electrons. The van der Waals surface area contributed by atoms with Crippen molar-refractivity contribution in [3.63, 3.8) is 0 Å². The van der Waals surface area contributed by atoms with Crippen LogP contribution in [0.5, 0.6) is 0 Å². The van der Waals surface area contributed by atoms with Crippen LogP contribution in [0.4, 0.5) is 0 Å². The Labute approximate surface area is 75.7 Å². The largest absolute Gasteiger partial charge is 0.0953 e. The lowest BCUT2D eigenvalue weighted by Gasteiger charge is -2.05. The molecule has 0 saturated heterocycles. The second kappa shape index (κ2) is 4.97. The molecule has 1 aliphatic rings. The Morgan fingerprint density at radius 2 is 1.92 bits per heavy atom. The fourth-order valence-corrected chi connectivity index (χ4v) is 1.37. The molecule has 0 N–H and O–H groups in total. The average Bonchev–Trinajstić information content (AvgIpc) is 2.08. The van der Waals surface area contributed by atoms with Gasteiger partial charge in [-0.25, -0.2) is 0 Å². The summed E-state index contributed by atoms with van der Waals surface area (Å²) < 4.78 is 0. The van der Waals surface area contributed by atoms with Gasteiger partial charge in [-0.15, -0.1) is 0 Å². The molecule has 66 valence electrons. The van der Waals surface area contributed by atoms with Crippen LogP contribution in [-0.2, 0) is 0 Å². The van der Waals surface area contributed by atoms with Crippen LogP contribution in [0.2, 0.25) is 0 Å². The minimum absolute atomic E-state index is 1.03. The van der Waals surface area contributed by atoms with Crippen LogP contribution in [0.25, 0.3) is 0 Å². The summed E-state index contributed by atoms with van der Waals surface area (Å²) in [5, 5.41) is 0. The first-order valence-electron chi connectivity index (χ1n) is 4.80. The molecule has 0 aliphatic heterocycles. The van der Waals surface area contributed by atoms with Crippen LogP contribution in [0.3, 0.4) is 0 Å². The molecule has 0 bridgehead atoms. The molecule has 1 aliphatic carbocycles. The normalized spacial score (nSPS) is 27.4. The Kier molecular flexibility index (Phi) is 3.86. The third-order valence-electron chi connectivity index (χ3n) is 2.36. The third-order valence-corrected chi connectivity index (χ3v) is 2.36. The summed E-state index contributed by atoms with van der Waals surface area (Å²) in [6, 6.07) is 0. The molecule has 0 unspecified atom stereocenters. The van der Waals surface area contributed by atoms with E-state index in [0.717, 1.165) is 6.42 Å². The van der Waals surface area contributed by atoms with E-state index in [1.807, 2.05) is 0 Å². The van der Waals surface area contributed by atoms with E-state index in [-0.39, 0.29) is 0 Å². The molecule has 0 heterocycles. The maximum atomic E-state index is 4.05. The highest BCUT2D eigenvalue weighted by Crippen LogP contribution is 2.16. The number of rotatable bonds is 0. The van der Waals surface area contributed by atoms with Crippen molar-refractivity contribution >= 4 is 0 Å². The Hall–Kier alpha value is -0.780. The molecule has 0 aromatic rings. The quantitative estimate of drug-likeness (QED) is 0.472. The van der Waals surface area contributed by atoms with E-state index in [4.69, 9.17) is 0 Å². The molecule has 0 atom stereocenters. The summed E-state index contributed by atoms with van der Waals surface area (Å²) in [6.45, 7) is 6.21. The summed E-state index contributed by atoms with van der Waals surface area (Å²) in [4.78, 5) is 0. The summed E-state index contributed by atoms with van der Waals surface area (Å²) in [7, 11) is 0. The van der Waals surface area contributed by atoms with Gasteiger partial charge in [0.2, 0.25) is 0 Å². The lowest BCUT2D eigenvalue weighted by Crippen LogP contribution is -1.85. The number of hydrogen-bond acceptors (Lipinski definition) is 0. The van der Waals surface area contributed by atoms with Crippen molar-refractivity contribution in [2.24, 2.45) is 0 Å². The van der Waals surface area contributed by atoms with E-state index in [0.29, 0.717) is 0 Å². The maximum absolute atomic E-state index is 4.05. The highest BCUT2D eigenvalue weighted by molar-refractivity contribution is 5.28. The molecule has 12 heavy (non-hydrogen) atoms. The van der Waals surface area contributed by atoms with Crippen molar-refractivity contribution in [1.29, 1.82) is 0 Å². The molecular formula is C12H18. The Bertz CT molecular complexity index is 206. The third kappa shape index (κ3) is 3.08. The van der Waals surface area contributed by atoms with E-state index in [2.05, 4.69) is 31.7 Å². The smallest absolute Gasteiger partial charge is 0.0101 e. The minimum Gasteiger partial charge on any atom is -0.0953 e. The number of hydrogen-bond donors (Lipinski definition) is 0. The summed E-state index contributed by atoms with van der Waals surface area (Å²) >= 11 is 0. The second-order valence-corrected chi connectivity index (χ2v) is 3.45. The molecule has 0 spiro atoms. The van der Waals surface area contributed by atoms with E-state index in [9.17, 15) is 0 Å². The fraction of sp³-hybridized carbons (Fsp3) is 0.500. The van der Waals surface area contributed by atoms with Crippen molar-refractivity contribution in [2.75, 3.05) is 0 Å². The van der Waals surface area contributed by atoms with E-state index >= 15 is 0 Å². The van der Waals surface area contributed by atoms with Crippen LogP contribution < -0.4 is 0 Å². The van der Waals surface area contributed by atoms with Crippen LogP contribution >= 0.6 is 0 Å². The van der Waals surface area contributed by atoms with Gasteiger partial charge in [0.15, 0.2) is 0 Å². The van der Waals surface area contributed by atoms with Gasteiger partial charge >= 0.3 is 0 Å². The predicted octanol–water partition coefficient (Wildman–Crippen LogP) is 4.01. The highest BCUT2D eigenvalue weighted by atomic mass is 14.0. The molecule has 0 fully saturated rings. The van der Waals surface area contributed by atoms with Gasteiger partial charge in [0.05, 0.1) is 0 Å². The lowest BCUT2D eigenvalue weighted by atomic mass is 10.0. The van der Waals surface area contributed by atoms with Gasteiger partial charge in [-0.2, -0.15) is 0 Å². The van der Waals surface area contributed by atoms with Crippen molar-refractivity contribution in [3.8, 4) is 0 Å². The maximum Gasteiger partial charge on any atom is -0.0101 e. The van der Waals surface area contributed by atoms with E-state index in [1.165, 1.54) is 36.8 Å². The zero-order valence-corrected chi connectivity index (χ0v) is 7.97. The van der Waals surface area contributed by atoms with Crippen molar-refractivity contribution < 1.29 is 0 Å². The second-order valence-electron chi connectivity index (χ2n) is 3.45. The van der Waals surface area contributed by atoms with Gasteiger partial charge in [0.25, 0.3) is 0 Å². The first kappa shape index (κ1) is 9.31.